The first kappa shape index (κ1) is 15.4. The summed E-state index contributed by atoms with van der Waals surface area (Å²) in [5.74, 6) is 0.389. The lowest BCUT2D eigenvalue weighted by Crippen LogP contribution is -2.08. The van der Waals surface area contributed by atoms with Crippen LogP contribution in [0, 0.1) is 0 Å². The maximum absolute atomic E-state index is 5.64. The average Bonchev–Trinajstić information content (AvgIpc) is 2.31. The van der Waals surface area contributed by atoms with Crippen LogP contribution in [0.25, 0.3) is 0 Å². The Bertz CT molecular complexity index is 334. The fourth-order valence-electron chi connectivity index (χ4n) is 1.18. The fourth-order valence-corrected chi connectivity index (χ4v) is 1.54. The van der Waals surface area contributed by atoms with Gasteiger partial charge in [0.15, 0.2) is 0 Å². The lowest BCUT2D eigenvalue weighted by molar-refractivity contribution is 0.0691. The van der Waals surface area contributed by atoms with E-state index in [1.54, 1.807) is 7.11 Å². The molecule has 0 unspecified atom stereocenters. The van der Waals surface area contributed by atoms with Crippen LogP contribution >= 0.6 is 23.2 Å². The van der Waals surface area contributed by atoms with Crippen LogP contribution in [0.2, 0.25) is 10.6 Å². The SMILES string of the molecule is COCCOCCCCNc1nc(Cl)nc(Cl)n1. The first-order valence-electron chi connectivity index (χ1n) is 5.60. The van der Waals surface area contributed by atoms with Gasteiger partial charge in [0.1, 0.15) is 0 Å². The number of hydrogen-bond donors (Lipinski definition) is 1. The molecule has 0 saturated heterocycles. The van der Waals surface area contributed by atoms with E-state index >= 15 is 0 Å². The van der Waals surface area contributed by atoms with Crippen molar-refractivity contribution in [3.8, 4) is 0 Å². The molecule has 0 aliphatic heterocycles. The Kier molecular flexibility index (Phi) is 7.91. The molecule has 1 N–H and O–H groups in total. The minimum Gasteiger partial charge on any atom is -0.382 e. The van der Waals surface area contributed by atoms with Crippen molar-refractivity contribution < 1.29 is 9.47 Å². The monoisotopic (exact) mass is 294 g/mol. The average molecular weight is 295 g/mol. The maximum atomic E-state index is 5.64. The standard InChI is InChI=1S/C10H16Cl2N4O2/c1-17-6-7-18-5-3-2-4-13-10-15-8(11)14-9(12)16-10/h2-7H2,1H3,(H,13,14,15,16). The zero-order chi connectivity index (χ0) is 13.2. The molecule has 0 amide bonds. The van der Waals surface area contributed by atoms with E-state index in [-0.39, 0.29) is 10.6 Å². The Balaban J connectivity index is 2.07. The Hall–Kier alpha value is -0.690. The highest BCUT2D eigenvalue weighted by molar-refractivity contribution is 6.31. The van der Waals surface area contributed by atoms with Gasteiger partial charge in [0.05, 0.1) is 13.2 Å². The molecule has 0 saturated carbocycles. The van der Waals surface area contributed by atoms with E-state index in [2.05, 4.69) is 20.3 Å². The highest BCUT2D eigenvalue weighted by Crippen LogP contribution is 2.09. The summed E-state index contributed by atoms with van der Waals surface area (Å²) < 4.78 is 10.2. The van der Waals surface area contributed by atoms with Crippen LogP contribution in [0.1, 0.15) is 12.8 Å². The van der Waals surface area contributed by atoms with Gasteiger partial charge in [-0.1, -0.05) is 0 Å². The van der Waals surface area contributed by atoms with E-state index in [9.17, 15) is 0 Å². The molecule has 1 heterocycles. The zero-order valence-corrected chi connectivity index (χ0v) is 11.7. The lowest BCUT2D eigenvalue weighted by atomic mass is 10.3. The Labute approximate surface area is 116 Å². The molecule has 6 nitrogen and oxygen atoms in total. The number of nitrogens with one attached hydrogen (secondary N) is 1. The zero-order valence-electron chi connectivity index (χ0n) is 10.2. The summed E-state index contributed by atoms with van der Waals surface area (Å²) in [5, 5.41) is 3.18. The fraction of sp³-hybridized carbons (Fsp3) is 0.700. The Morgan fingerprint density at radius 2 is 1.72 bits per heavy atom. The molecule has 8 heteroatoms. The maximum Gasteiger partial charge on any atom is 0.228 e. The number of unbranched alkanes of at least 4 members (excludes halogenated alkanes) is 1. The summed E-state index contributed by atoms with van der Waals surface area (Å²) in [5.41, 5.74) is 0. The van der Waals surface area contributed by atoms with Gasteiger partial charge in [0.2, 0.25) is 16.5 Å². The molecule has 1 aromatic rings. The van der Waals surface area contributed by atoms with Gasteiger partial charge in [-0.25, -0.2) is 0 Å². The van der Waals surface area contributed by atoms with Crippen LogP contribution in [-0.4, -0.2) is 48.4 Å². The van der Waals surface area contributed by atoms with Crippen LogP contribution < -0.4 is 5.32 Å². The summed E-state index contributed by atoms with van der Waals surface area (Å²) in [6.45, 7) is 2.69. The van der Waals surface area contributed by atoms with Crippen molar-refractivity contribution in [1.82, 2.24) is 15.0 Å². The normalized spacial score (nSPS) is 10.6. The molecule has 0 aliphatic rings. The van der Waals surface area contributed by atoms with Gasteiger partial charge in [-0.15, -0.1) is 0 Å². The molecule has 0 aliphatic carbocycles. The minimum absolute atomic E-state index is 0.0837. The second-order valence-electron chi connectivity index (χ2n) is 3.44. The summed E-state index contributed by atoms with van der Waals surface area (Å²) >= 11 is 11.3. The molecule has 1 aromatic heterocycles. The lowest BCUT2D eigenvalue weighted by Gasteiger charge is -2.05. The quantitative estimate of drug-likeness (QED) is 0.703. The molecule has 1 rings (SSSR count). The van der Waals surface area contributed by atoms with Crippen LogP contribution in [0.15, 0.2) is 0 Å². The van der Waals surface area contributed by atoms with E-state index < -0.39 is 0 Å². The van der Waals surface area contributed by atoms with Crippen LogP contribution in [0.4, 0.5) is 5.95 Å². The number of nitrogens with zero attached hydrogens (tertiary/aromatic N) is 3. The van der Waals surface area contributed by atoms with Crippen molar-refractivity contribution in [3.63, 3.8) is 0 Å². The molecule has 0 aromatic carbocycles. The smallest absolute Gasteiger partial charge is 0.228 e. The van der Waals surface area contributed by atoms with E-state index in [1.165, 1.54) is 0 Å². The van der Waals surface area contributed by atoms with Gasteiger partial charge < -0.3 is 14.8 Å². The van der Waals surface area contributed by atoms with E-state index in [0.717, 1.165) is 19.4 Å². The number of halogens is 2. The van der Waals surface area contributed by atoms with Crippen molar-refractivity contribution in [2.24, 2.45) is 0 Å². The highest BCUT2D eigenvalue weighted by atomic mass is 35.5. The van der Waals surface area contributed by atoms with Gasteiger partial charge in [-0.3, -0.25) is 0 Å². The van der Waals surface area contributed by atoms with Crippen LogP contribution in [-0.2, 0) is 9.47 Å². The molecule has 18 heavy (non-hydrogen) atoms. The Morgan fingerprint density at radius 1 is 1.00 bits per heavy atom. The van der Waals surface area contributed by atoms with Crippen LogP contribution in [0.5, 0.6) is 0 Å². The molecule has 0 fully saturated rings. The summed E-state index contributed by atoms with van der Waals surface area (Å²) in [4.78, 5) is 11.4. The van der Waals surface area contributed by atoms with Crippen molar-refractivity contribution in [2.75, 3.05) is 38.8 Å². The molecule has 0 bridgehead atoms. The van der Waals surface area contributed by atoms with E-state index in [4.69, 9.17) is 32.7 Å². The first-order chi connectivity index (χ1) is 8.72. The second-order valence-corrected chi connectivity index (χ2v) is 4.11. The van der Waals surface area contributed by atoms with Crippen LogP contribution in [0.3, 0.4) is 0 Å². The molecule has 0 atom stereocenters. The molecule has 0 spiro atoms. The third-order valence-corrected chi connectivity index (χ3v) is 2.35. The third kappa shape index (κ3) is 6.90. The predicted molar refractivity (Wildman–Crippen MR) is 70.3 cm³/mol. The third-order valence-electron chi connectivity index (χ3n) is 2.01. The summed E-state index contributed by atoms with van der Waals surface area (Å²) in [6, 6.07) is 0. The summed E-state index contributed by atoms with van der Waals surface area (Å²) in [6.07, 6.45) is 1.89. The number of hydrogen-bond acceptors (Lipinski definition) is 6. The topological polar surface area (TPSA) is 69.2 Å². The number of ether oxygens (including phenoxy) is 2. The van der Waals surface area contributed by atoms with Gasteiger partial charge in [-0.2, -0.15) is 15.0 Å². The van der Waals surface area contributed by atoms with Crippen molar-refractivity contribution in [2.45, 2.75) is 12.8 Å². The number of rotatable bonds is 9. The Morgan fingerprint density at radius 3 is 2.39 bits per heavy atom. The molecule has 102 valence electrons. The molecular weight excluding hydrogens is 279 g/mol. The molecule has 0 radical (unpaired) electrons. The minimum atomic E-state index is 0.0837. The summed E-state index contributed by atoms with van der Waals surface area (Å²) in [7, 11) is 1.65. The van der Waals surface area contributed by atoms with Crippen molar-refractivity contribution in [3.05, 3.63) is 10.6 Å². The van der Waals surface area contributed by atoms with E-state index in [1.807, 2.05) is 0 Å². The largest absolute Gasteiger partial charge is 0.382 e. The van der Waals surface area contributed by atoms with Gasteiger partial charge in [0, 0.05) is 20.3 Å². The molecular formula is C10H16Cl2N4O2. The highest BCUT2D eigenvalue weighted by Gasteiger charge is 2.01. The number of aromatic nitrogens is 3. The first-order valence-corrected chi connectivity index (χ1v) is 6.35. The van der Waals surface area contributed by atoms with Crippen molar-refractivity contribution >= 4 is 29.2 Å². The van der Waals surface area contributed by atoms with Crippen molar-refractivity contribution in [1.29, 1.82) is 0 Å². The van der Waals surface area contributed by atoms with E-state index in [0.29, 0.717) is 25.8 Å². The predicted octanol–water partition coefficient (Wildman–Crippen LogP) is 2.03. The second kappa shape index (κ2) is 9.27. The number of methoxy groups -OCH3 is 1. The van der Waals surface area contributed by atoms with Gasteiger partial charge >= 0.3 is 0 Å². The van der Waals surface area contributed by atoms with Gasteiger partial charge in [-0.05, 0) is 36.0 Å². The number of anilines is 1. The van der Waals surface area contributed by atoms with Gasteiger partial charge in [0.25, 0.3) is 0 Å².